The molecule has 17 heavy (non-hydrogen) atoms. The standard InChI is InChI=1S/C11H11NO5/c1-2-5-17-10-4-3-8(7-11(13)14)6-9(10)12(15)16/h2-4,6H,1,5,7H2,(H,13,14)/p-1. The van der Waals surface area contributed by atoms with Gasteiger partial charge in [0.2, 0.25) is 0 Å². The molecule has 90 valence electrons. The zero-order valence-electron chi connectivity index (χ0n) is 8.92. The molecule has 0 fully saturated rings. The second-order valence-electron chi connectivity index (χ2n) is 3.21. The molecule has 6 heteroatoms. The third-order valence-corrected chi connectivity index (χ3v) is 1.93. The number of nitro benzene ring substituents is 1. The summed E-state index contributed by atoms with van der Waals surface area (Å²) in [4.78, 5) is 20.5. The van der Waals surface area contributed by atoms with E-state index < -0.39 is 10.9 Å². The van der Waals surface area contributed by atoms with Crippen LogP contribution in [0.15, 0.2) is 30.9 Å². The van der Waals surface area contributed by atoms with Crippen molar-refractivity contribution in [1.29, 1.82) is 0 Å². The molecule has 0 unspecified atom stereocenters. The molecule has 0 amide bonds. The molecule has 0 atom stereocenters. The number of rotatable bonds is 6. The number of hydrogen-bond acceptors (Lipinski definition) is 5. The zero-order valence-corrected chi connectivity index (χ0v) is 8.92. The summed E-state index contributed by atoms with van der Waals surface area (Å²) in [7, 11) is 0. The van der Waals surface area contributed by atoms with Crippen LogP contribution in [0, 0.1) is 10.1 Å². The number of carbonyl (C=O) groups excluding carboxylic acids is 1. The van der Waals surface area contributed by atoms with Gasteiger partial charge in [-0.05, 0) is 11.6 Å². The van der Waals surface area contributed by atoms with Crippen molar-refractivity contribution >= 4 is 11.7 Å². The molecular formula is C11H10NO5-. The number of ether oxygens (including phenoxy) is 1. The predicted octanol–water partition coefficient (Wildman–Crippen LogP) is 0.452. The van der Waals surface area contributed by atoms with Crippen molar-refractivity contribution in [1.82, 2.24) is 0 Å². The summed E-state index contributed by atoms with van der Waals surface area (Å²) in [5, 5.41) is 21.1. The van der Waals surface area contributed by atoms with Crippen LogP contribution in [0.5, 0.6) is 5.75 Å². The summed E-state index contributed by atoms with van der Waals surface area (Å²) in [5.41, 5.74) is 0.0215. The molecule has 0 spiro atoms. The molecule has 0 aliphatic rings. The first-order chi connectivity index (χ1) is 8.04. The maximum Gasteiger partial charge on any atom is 0.311 e. The monoisotopic (exact) mass is 236 g/mol. The highest BCUT2D eigenvalue weighted by Crippen LogP contribution is 2.28. The van der Waals surface area contributed by atoms with E-state index in [9.17, 15) is 20.0 Å². The molecule has 1 aromatic carbocycles. The van der Waals surface area contributed by atoms with Gasteiger partial charge in [-0.3, -0.25) is 10.1 Å². The van der Waals surface area contributed by atoms with Crippen molar-refractivity contribution in [2.45, 2.75) is 6.42 Å². The van der Waals surface area contributed by atoms with Gasteiger partial charge in [0, 0.05) is 18.5 Å². The molecule has 0 saturated heterocycles. The van der Waals surface area contributed by atoms with Crippen LogP contribution in [0.4, 0.5) is 5.69 Å². The normalized spacial score (nSPS) is 9.65. The lowest BCUT2D eigenvalue weighted by Crippen LogP contribution is -2.24. The van der Waals surface area contributed by atoms with E-state index in [4.69, 9.17) is 4.74 Å². The van der Waals surface area contributed by atoms with Crippen LogP contribution in [0.25, 0.3) is 0 Å². The number of carboxylic acid groups (broad SMARTS) is 1. The molecule has 0 N–H and O–H groups in total. The zero-order chi connectivity index (χ0) is 12.8. The van der Waals surface area contributed by atoms with Crippen molar-refractivity contribution in [3.63, 3.8) is 0 Å². The van der Waals surface area contributed by atoms with Gasteiger partial charge >= 0.3 is 5.69 Å². The van der Waals surface area contributed by atoms with Gasteiger partial charge in [-0.1, -0.05) is 18.7 Å². The van der Waals surface area contributed by atoms with Gasteiger partial charge in [-0.2, -0.15) is 0 Å². The van der Waals surface area contributed by atoms with E-state index in [0.29, 0.717) is 5.56 Å². The second-order valence-corrected chi connectivity index (χ2v) is 3.21. The van der Waals surface area contributed by atoms with Crippen LogP contribution in [0.1, 0.15) is 5.56 Å². The minimum Gasteiger partial charge on any atom is -0.550 e. The number of hydrogen-bond donors (Lipinski definition) is 0. The molecule has 0 saturated carbocycles. The molecule has 0 bridgehead atoms. The Morgan fingerprint density at radius 2 is 2.24 bits per heavy atom. The number of aliphatic carboxylic acids is 1. The highest BCUT2D eigenvalue weighted by molar-refractivity contribution is 5.68. The smallest absolute Gasteiger partial charge is 0.311 e. The maximum atomic E-state index is 10.8. The number of carboxylic acids is 1. The Kier molecular flexibility index (Phi) is 4.21. The Morgan fingerprint density at radius 3 is 2.76 bits per heavy atom. The van der Waals surface area contributed by atoms with Gasteiger partial charge in [-0.25, -0.2) is 0 Å². The SMILES string of the molecule is C=CCOc1ccc(CC(=O)[O-])cc1[N+](=O)[O-]. The Morgan fingerprint density at radius 1 is 1.53 bits per heavy atom. The number of nitrogens with zero attached hydrogens (tertiary/aromatic N) is 1. The third kappa shape index (κ3) is 3.60. The highest BCUT2D eigenvalue weighted by atomic mass is 16.6. The molecule has 6 nitrogen and oxygen atoms in total. The van der Waals surface area contributed by atoms with Gasteiger partial charge in [0.05, 0.1) is 4.92 Å². The lowest BCUT2D eigenvalue weighted by molar-refractivity contribution is -0.385. The minimum absolute atomic E-state index is 0.0806. The van der Waals surface area contributed by atoms with E-state index in [1.54, 1.807) is 0 Å². The molecule has 0 aliphatic carbocycles. The van der Waals surface area contributed by atoms with Gasteiger partial charge in [-0.15, -0.1) is 0 Å². The van der Waals surface area contributed by atoms with Crippen molar-refractivity contribution in [3.8, 4) is 5.75 Å². The van der Waals surface area contributed by atoms with E-state index in [2.05, 4.69) is 6.58 Å². The summed E-state index contributed by atoms with van der Waals surface area (Å²) < 4.78 is 5.08. The largest absolute Gasteiger partial charge is 0.550 e. The van der Waals surface area contributed by atoms with Gasteiger partial charge in [0.25, 0.3) is 0 Å². The van der Waals surface area contributed by atoms with Crippen molar-refractivity contribution < 1.29 is 19.6 Å². The van der Waals surface area contributed by atoms with Gasteiger partial charge < -0.3 is 14.6 Å². The lowest BCUT2D eigenvalue weighted by Gasteiger charge is -2.07. The van der Waals surface area contributed by atoms with Crippen molar-refractivity contribution in [2.24, 2.45) is 0 Å². The van der Waals surface area contributed by atoms with E-state index in [1.165, 1.54) is 18.2 Å². The van der Waals surface area contributed by atoms with Gasteiger partial charge in [0.15, 0.2) is 5.75 Å². The Balaban J connectivity index is 3.03. The molecule has 0 aliphatic heterocycles. The number of carbonyl (C=O) groups is 1. The van der Waals surface area contributed by atoms with Gasteiger partial charge in [0.1, 0.15) is 6.61 Å². The van der Waals surface area contributed by atoms with E-state index >= 15 is 0 Å². The fourth-order valence-electron chi connectivity index (χ4n) is 1.25. The summed E-state index contributed by atoms with van der Waals surface area (Å²) in [5.74, 6) is -1.21. The fraction of sp³-hybridized carbons (Fsp3) is 0.182. The molecule has 1 rings (SSSR count). The summed E-state index contributed by atoms with van der Waals surface area (Å²) in [6, 6.07) is 3.97. The molecule has 0 aromatic heterocycles. The number of benzene rings is 1. The van der Waals surface area contributed by atoms with Crippen LogP contribution in [-0.2, 0) is 11.2 Å². The molecular weight excluding hydrogens is 226 g/mol. The first-order valence-electron chi connectivity index (χ1n) is 4.75. The molecule has 0 heterocycles. The first-order valence-corrected chi connectivity index (χ1v) is 4.75. The van der Waals surface area contributed by atoms with E-state index in [-0.39, 0.29) is 24.5 Å². The summed E-state index contributed by atoms with van der Waals surface area (Å²) >= 11 is 0. The highest BCUT2D eigenvalue weighted by Gasteiger charge is 2.15. The Labute approximate surface area is 97.3 Å². The van der Waals surface area contributed by atoms with Crippen LogP contribution in [0.3, 0.4) is 0 Å². The quantitative estimate of drug-likeness (QED) is 0.406. The average Bonchev–Trinajstić information content (AvgIpc) is 2.26. The average molecular weight is 236 g/mol. The van der Waals surface area contributed by atoms with Crippen molar-refractivity contribution in [2.75, 3.05) is 6.61 Å². The Hall–Kier alpha value is -2.37. The summed E-state index contributed by atoms with van der Waals surface area (Å²) in [6.45, 7) is 3.57. The molecule has 1 aromatic rings. The minimum atomic E-state index is -1.29. The summed E-state index contributed by atoms with van der Waals surface area (Å²) in [6.07, 6.45) is 1.08. The van der Waals surface area contributed by atoms with E-state index in [0.717, 1.165) is 6.07 Å². The topological polar surface area (TPSA) is 92.5 Å². The molecule has 0 radical (unpaired) electrons. The first kappa shape index (κ1) is 12.7. The van der Waals surface area contributed by atoms with Crippen LogP contribution in [-0.4, -0.2) is 17.5 Å². The maximum absolute atomic E-state index is 10.8. The third-order valence-electron chi connectivity index (χ3n) is 1.93. The Bertz CT molecular complexity index is 455. The van der Waals surface area contributed by atoms with Crippen LogP contribution in [0.2, 0.25) is 0 Å². The second kappa shape index (κ2) is 5.64. The number of nitro groups is 1. The lowest BCUT2D eigenvalue weighted by atomic mass is 10.1. The van der Waals surface area contributed by atoms with Crippen molar-refractivity contribution in [3.05, 3.63) is 46.5 Å². The van der Waals surface area contributed by atoms with E-state index in [1.807, 2.05) is 0 Å². The predicted molar refractivity (Wildman–Crippen MR) is 57.5 cm³/mol. The van der Waals surface area contributed by atoms with Crippen LogP contribution >= 0.6 is 0 Å². The van der Waals surface area contributed by atoms with Crippen LogP contribution < -0.4 is 9.84 Å². The fourth-order valence-corrected chi connectivity index (χ4v) is 1.25.